The van der Waals surface area contributed by atoms with Crippen molar-refractivity contribution in [2.75, 3.05) is 21.3 Å². The van der Waals surface area contributed by atoms with Crippen molar-refractivity contribution >= 4 is 11.6 Å². The van der Waals surface area contributed by atoms with E-state index in [4.69, 9.17) is 23.7 Å². The Labute approximate surface area is 182 Å². The van der Waals surface area contributed by atoms with Gasteiger partial charge < -0.3 is 23.7 Å². The summed E-state index contributed by atoms with van der Waals surface area (Å²) < 4.78 is 27.5. The van der Waals surface area contributed by atoms with Crippen LogP contribution in [0.1, 0.15) is 6.92 Å². The highest BCUT2D eigenvalue weighted by molar-refractivity contribution is 5.96. The van der Waals surface area contributed by atoms with Gasteiger partial charge in [-0.2, -0.15) is 0 Å². The lowest BCUT2D eigenvalue weighted by atomic mass is 10.3. The lowest BCUT2D eigenvalue weighted by molar-refractivity contribution is 0.411. The van der Waals surface area contributed by atoms with Gasteiger partial charge in [-0.15, -0.1) is 0 Å². The fourth-order valence-corrected chi connectivity index (χ4v) is 2.60. The molecule has 0 heterocycles. The molecule has 0 amide bonds. The summed E-state index contributed by atoms with van der Waals surface area (Å²) in [5.74, 6) is 3.87. The van der Waals surface area contributed by atoms with Gasteiger partial charge in [0.15, 0.2) is 0 Å². The molecule has 3 rings (SSSR count). The summed E-state index contributed by atoms with van der Waals surface area (Å²) in [6.45, 7) is 1.87. The standard InChI is InChI=1S/C25H25NO5/c1-18(17-30-22-14-12-21(28-3)13-15-22)25(26-19-8-10-20(27-2)11-9-19)31-24-7-5-6-23(16-24)29-4/h5-17H,1-4H3/b18-17+,26-25+. The molecule has 0 aromatic heterocycles. The molecule has 3 aromatic carbocycles. The fraction of sp³-hybridized carbons (Fsp3) is 0.160. The van der Waals surface area contributed by atoms with E-state index in [9.17, 15) is 0 Å². The van der Waals surface area contributed by atoms with Crippen LogP contribution in [0.15, 0.2) is 89.6 Å². The van der Waals surface area contributed by atoms with Crippen LogP contribution in [-0.4, -0.2) is 27.2 Å². The van der Waals surface area contributed by atoms with Gasteiger partial charge in [-0.1, -0.05) is 6.07 Å². The molecular weight excluding hydrogens is 394 g/mol. The molecule has 0 aliphatic heterocycles. The van der Waals surface area contributed by atoms with Gasteiger partial charge in [0, 0.05) is 11.6 Å². The molecule has 31 heavy (non-hydrogen) atoms. The van der Waals surface area contributed by atoms with Crippen molar-refractivity contribution in [2.45, 2.75) is 6.92 Å². The third-order valence-electron chi connectivity index (χ3n) is 4.33. The summed E-state index contributed by atoms with van der Waals surface area (Å²) >= 11 is 0. The lowest BCUT2D eigenvalue weighted by Crippen LogP contribution is -2.11. The van der Waals surface area contributed by atoms with Crippen LogP contribution in [0.5, 0.6) is 28.7 Å². The van der Waals surface area contributed by atoms with E-state index in [1.165, 1.54) is 0 Å². The minimum absolute atomic E-state index is 0.395. The smallest absolute Gasteiger partial charge is 0.225 e. The second-order valence-electron chi connectivity index (χ2n) is 6.49. The monoisotopic (exact) mass is 419 g/mol. The van der Waals surface area contributed by atoms with Crippen molar-refractivity contribution in [2.24, 2.45) is 4.99 Å². The van der Waals surface area contributed by atoms with Gasteiger partial charge in [0.1, 0.15) is 28.7 Å². The zero-order chi connectivity index (χ0) is 22.1. The van der Waals surface area contributed by atoms with Crippen molar-refractivity contribution in [3.05, 3.63) is 84.6 Å². The molecule has 0 radical (unpaired) electrons. The van der Waals surface area contributed by atoms with Gasteiger partial charge in [-0.3, -0.25) is 0 Å². The summed E-state index contributed by atoms with van der Waals surface area (Å²) in [5.41, 5.74) is 1.42. The van der Waals surface area contributed by atoms with E-state index in [-0.39, 0.29) is 0 Å². The Bertz CT molecular complexity index is 1040. The number of hydrogen-bond acceptors (Lipinski definition) is 6. The molecule has 0 saturated carbocycles. The number of ether oxygens (including phenoxy) is 5. The van der Waals surface area contributed by atoms with Gasteiger partial charge in [0.2, 0.25) is 5.90 Å². The van der Waals surface area contributed by atoms with Gasteiger partial charge >= 0.3 is 0 Å². The van der Waals surface area contributed by atoms with E-state index in [2.05, 4.69) is 4.99 Å². The van der Waals surface area contributed by atoms with E-state index >= 15 is 0 Å². The highest BCUT2D eigenvalue weighted by atomic mass is 16.5. The molecule has 0 N–H and O–H groups in total. The van der Waals surface area contributed by atoms with Crippen molar-refractivity contribution in [3.8, 4) is 28.7 Å². The Morgan fingerprint density at radius 1 is 0.677 bits per heavy atom. The maximum Gasteiger partial charge on any atom is 0.225 e. The number of methoxy groups -OCH3 is 3. The molecule has 3 aromatic rings. The number of hydrogen-bond donors (Lipinski definition) is 0. The summed E-state index contributed by atoms with van der Waals surface area (Å²) in [7, 11) is 4.86. The fourth-order valence-electron chi connectivity index (χ4n) is 2.60. The summed E-state index contributed by atoms with van der Waals surface area (Å²) in [6.07, 6.45) is 1.60. The quantitative estimate of drug-likeness (QED) is 0.262. The van der Waals surface area contributed by atoms with Crippen LogP contribution in [0.4, 0.5) is 5.69 Å². The van der Waals surface area contributed by atoms with E-state index in [0.29, 0.717) is 28.7 Å². The molecule has 0 atom stereocenters. The van der Waals surface area contributed by atoms with Crippen molar-refractivity contribution in [1.82, 2.24) is 0 Å². The van der Waals surface area contributed by atoms with E-state index in [1.54, 1.807) is 33.7 Å². The zero-order valence-electron chi connectivity index (χ0n) is 18.0. The number of nitrogens with zero attached hydrogens (tertiary/aromatic N) is 1. The molecule has 6 heteroatoms. The average molecular weight is 419 g/mol. The Morgan fingerprint density at radius 3 is 1.84 bits per heavy atom. The van der Waals surface area contributed by atoms with E-state index < -0.39 is 0 Å². The van der Waals surface area contributed by atoms with Crippen LogP contribution in [0.2, 0.25) is 0 Å². The van der Waals surface area contributed by atoms with Gasteiger partial charge in [-0.05, 0) is 67.6 Å². The second-order valence-corrected chi connectivity index (χ2v) is 6.49. The third kappa shape index (κ3) is 6.27. The number of aliphatic imine (C=N–C) groups is 1. The molecule has 160 valence electrons. The Hall–Kier alpha value is -3.93. The molecule has 0 aliphatic carbocycles. The van der Waals surface area contributed by atoms with Crippen LogP contribution in [0.25, 0.3) is 0 Å². The van der Waals surface area contributed by atoms with Crippen molar-refractivity contribution in [3.63, 3.8) is 0 Å². The minimum Gasteiger partial charge on any atom is -0.497 e. The second kappa shape index (κ2) is 10.7. The first-order valence-electron chi connectivity index (χ1n) is 9.64. The van der Waals surface area contributed by atoms with Gasteiger partial charge in [0.05, 0.1) is 33.3 Å². The summed E-state index contributed by atoms with van der Waals surface area (Å²) in [4.78, 5) is 4.65. The predicted molar refractivity (Wildman–Crippen MR) is 121 cm³/mol. The number of rotatable bonds is 8. The van der Waals surface area contributed by atoms with Gasteiger partial charge in [0.25, 0.3) is 0 Å². The van der Waals surface area contributed by atoms with Crippen LogP contribution in [0.3, 0.4) is 0 Å². The van der Waals surface area contributed by atoms with Gasteiger partial charge in [-0.25, -0.2) is 4.99 Å². The molecule has 6 nitrogen and oxygen atoms in total. The zero-order valence-corrected chi connectivity index (χ0v) is 18.0. The maximum atomic E-state index is 6.07. The largest absolute Gasteiger partial charge is 0.497 e. The topological polar surface area (TPSA) is 58.5 Å². The van der Waals surface area contributed by atoms with Crippen LogP contribution in [0, 0.1) is 0 Å². The maximum absolute atomic E-state index is 6.07. The van der Waals surface area contributed by atoms with Crippen molar-refractivity contribution in [1.29, 1.82) is 0 Å². The average Bonchev–Trinajstić information content (AvgIpc) is 2.83. The highest BCUT2D eigenvalue weighted by Gasteiger charge is 2.09. The Kier molecular flexibility index (Phi) is 7.54. The summed E-state index contributed by atoms with van der Waals surface area (Å²) in [5, 5.41) is 0. The molecule has 0 bridgehead atoms. The first kappa shape index (κ1) is 21.8. The van der Waals surface area contributed by atoms with Crippen LogP contribution in [-0.2, 0) is 0 Å². The van der Waals surface area contributed by atoms with Crippen LogP contribution < -0.4 is 23.7 Å². The predicted octanol–water partition coefficient (Wildman–Crippen LogP) is 5.80. The molecular formula is C25H25NO5. The Balaban J connectivity index is 1.87. The van der Waals surface area contributed by atoms with E-state index in [0.717, 1.165) is 17.2 Å². The van der Waals surface area contributed by atoms with Crippen LogP contribution >= 0.6 is 0 Å². The molecule has 0 spiro atoms. The SMILES string of the molecule is COc1ccc(/N=C(Oc2cccc(OC)c2)\C(C)=C\Oc2ccc(OC)cc2)cc1. The molecule has 0 aliphatic rings. The highest BCUT2D eigenvalue weighted by Crippen LogP contribution is 2.24. The third-order valence-corrected chi connectivity index (χ3v) is 4.33. The first-order valence-corrected chi connectivity index (χ1v) is 9.64. The molecule has 0 unspecified atom stereocenters. The minimum atomic E-state index is 0.395. The van der Waals surface area contributed by atoms with Crippen molar-refractivity contribution < 1.29 is 23.7 Å². The number of benzene rings is 3. The first-order chi connectivity index (χ1) is 15.1. The lowest BCUT2D eigenvalue weighted by Gasteiger charge is -2.11. The Morgan fingerprint density at radius 2 is 1.23 bits per heavy atom. The van der Waals surface area contributed by atoms with E-state index in [1.807, 2.05) is 73.7 Å². The molecule has 0 saturated heterocycles. The molecule has 0 fully saturated rings. The normalized spacial score (nSPS) is 11.6. The summed E-state index contributed by atoms with van der Waals surface area (Å²) in [6, 6.07) is 22.0.